The standard InChI is InChI=1S/C20H19N3O2/c1-12(2)9-14-3-4-16(11-18(14)24)20-23-22-19(25-20)15-5-6-17-13(10-15)7-8-21-17/h3-8,10-12,21,24H,9H2,1-2H3. The maximum Gasteiger partial charge on any atom is 0.248 e. The molecule has 0 fully saturated rings. The highest BCUT2D eigenvalue weighted by Gasteiger charge is 2.13. The predicted molar refractivity (Wildman–Crippen MR) is 97.2 cm³/mol. The molecule has 126 valence electrons. The Hall–Kier alpha value is -3.08. The zero-order valence-corrected chi connectivity index (χ0v) is 14.2. The first-order valence-electron chi connectivity index (χ1n) is 8.33. The number of nitrogens with one attached hydrogen (secondary N) is 1. The van der Waals surface area contributed by atoms with Crippen LogP contribution in [0.1, 0.15) is 19.4 Å². The molecular weight excluding hydrogens is 314 g/mol. The Morgan fingerprint density at radius 2 is 1.72 bits per heavy atom. The minimum atomic E-state index is 0.264. The molecule has 0 saturated carbocycles. The molecule has 0 aliphatic rings. The van der Waals surface area contributed by atoms with Gasteiger partial charge in [-0.25, -0.2) is 0 Å². The number of phenolic OH excluding ortho intramolecular Hbond substituents is 1. The topological polar surface area (TPSA) is 74.9 Å². The van der Waals surface area contributed by atoms with Crippen LogP contribution in [0.4, 0.5) is 0 Å². The van der Waals surface area contributed by atoms with Crippen LogP contribution < -0.4 is 0 Å². The molecule has 2 aromatic heterocycles. The third-order valence-electron chi connectivity index (χ3n) is 4.19. The highest BCUT2D eigenvalue weighted by Crippen LogP contribution is 2.30. The van der Waals surface area contributed by atoms with Gasteiger partial charge in [0.25, 0.3) is 0 Å². The van der Waals surface area contributed by atoms with Crippen LogP contribution in [0.3, 0.4) is 0 Å². The van der Waals surface area contributed by atoms with Crippen molar-refractivity contribution in [3.8, 4) is 28.7 Å². The van der Waals surface area contributed by atoms with E-state index in [0.29, 0.717) is 23.3 Å². The summed E-state index contributed by atoms with van der Waals surface area (Å²) in [6, 6.07) is 13.4. The number of phenols is 1. The van der Waals surface area contributed by atoms with Gasteiger partial charge in [-0.15, -0.1) is 10.2 Å². The lowest BCUT2D eigenvalue weighted by Crippen LogP contribution is -1.94. The van der Waals surface area contributed by atoms with Crippen molar-refractivity contribution in [3.05, 3.63) is 54.2 Å². The van der Waals surface area contributed by atoms with Gasteiger partial charge in [0.15, 0.2) is 0 Å². The number of hydrogen-bond donors (Lipinski definition) is 2. The molecule has 0 radical (unpaired) electrons. The van der Waals surface area contributed by atoms with Crippen LogP contribution in [0.2, 0.25) is 0 Å². The number of aromatic amines is 1. The molecule has 25 heavy (non-hydrogen) atoms. The first-order chi connectivity index (χ1) is 12.1. The Kier molecular flexibility index (Phi) is 3.76. The number of benzene rings is 2. The average Bonchev–Trinajstić information content (AvgIpc) is 3.24. The second kappa shape index (κ2) is 6.09. The smallest absolute Gasteiger partial charge is 0.248 e. The Labute approximate surface area is 145 Å². The van der Waals surface area contributed by atoms with Gasteiger partial charge >= 0.3 is 0 Å². The van der Waals surface area contributed by atoms with Crippen LogP contribution in [-0.2, 0) is 6.42 Å². The van der Waals surface area contributed by atoms with Gasteiger partial charge in [0.05, 0.1) is 0 Å². The van der Waals surface area contributed by atoms with Crippen molar-refractivity contribution in [1.82, 2.24) is 15.2 Å². The second-order valence-electron chi connectivity index (χ2n) is 6.63. The summed E-state index contributed by atoms with van der Waals surface area (Å²) in [6.07, 6.45) is 2.73. The number of H-pyrrole nitrogens is 1. The largest absolute Gasteiger partial charge is 0.508 e. The quantitative estimate of drug-likeness (QED) is 0.563. The van der Waals surface area contributed by atoms with Crippen molar-refractivity contribution in [3.63, 3.8) is 0 Å². The number of hydrogen-bond acceptors (Lipinski definition) is 4. The van der Waals surface area contributed by atoms with Gasteiger partial charge in [-0.05, 0) is 54.3 Å². The van der Waals surface area contributed by atoms with Crippen molar-refractivity contribution < 1.29 is 9.52 Å². The van der Waals surface area contributed by atoms with Gasteiger partial charge in [0.2, 0.25) is 11.8 Å². The monoisotopic (exact) mass is 333 g/mol. The lowest BCUT2D eigenvalue weighted by molar-refractivity contribution is 0.462. The fraction of sp³-hybridized carbons (Fsp3) is 0.200. The van der Waals surface area contributed by atoms with Crippen molar-refractivity contribution in [1.29, 1.82) is 0 Å². The van der Waals surface area contributed by atoms with E-state index in [4.69, 9.17) is 4.42 Å². The van der Waals surface area contributed by atoms with Gasteiger partial charge in [-0.1, -0.05) is 19.9 Å². The van der Waals surface area contributed by atoms with E-state index in [1.807, 2.05) is 42.6 Å². The van der Waals surface area contributed by atoms with E-state index < -0.39 is 0 Å². The molecule has 5 heteroatoms. The minimum absolute atomic E-state index is 0.264. The molecule has 5 nitrogen and oxygen atoms in total. The summed E-state index contributed by atoms with van der Waals surface area (Å²) < 4.78 is 5.81. The van der Waals surface area contributed by atoms with Crippen molar-refractivity contribution in [2.45, 2.75) is 20.3 Å². The highest BCUT2D eigenvalue weighted by atomic mass is 16.4. The minimum Gasteiger partial charge on any atom is -0.508 e. The van der Waals surface area contributed by atoms with E-state index in [9.17, 15) is 5.11 Å². The lowest BCUT2D eigenvalue weighted by atomic mass is 10.0. The van der Waals surface area contributed by atoms with Gasteiger partial charge in [-0.2, -0.15) is 0 Å². The first kappa shape index (κ1) is 15.4. The van der Waals surface area contributed by atoms with Crippen LogP contribution in [0.5, 0.6) is 5.75 Å². The van der Waals surface area contributed by atoms with E-state index in [2.05, 4.69) is 29.0 Å². The lowest BCUT2D eigenvalue weighted by Gasteiger charge is -2.07. The van der Waals surface area contributed by atoms with Gasteiger partial charge in [0, 0.05) is 28.2 Å². The molecule has 0 aliphatic heterocycles. The molecule has 2 heterocycles. The van der Waals surface area contributed by atoms with Crippen molar-refractivity contribution in [2.75, 3.05) is 0 Å². The summed E-state index contributed by atoms with van der Waals surface area (Å²) in [7, 11) is 0. The molecule has 0 unspecified atom stereocenters. The van der Waals surface area contributed by atoms with E-state index >= 15 is 0 Å². The molecule has 0 saturated heterocycles. The van der Waals surface area contributed by atoms with Crippen LogP contribution >= 0.6 is 0 Å². The molecule has 4 rings (SSSR count). The van der Waals surface area contributed by atoms with Gasteiger partial charge in [-0.3, -0.25) is 0 Å². The zero-order valence-electron chi connectivity index (χ0n) is 14.2. The Morgan fingerprint density at radius 3 is 2.44 bits per heavy atom. The fourth-order valence-electron chi connectivity index (χ4n) is 2.95. The van der Waals surface area contributed by atoms with Gasteiger partial charge in [0.1, 0.15) is 5.75 Å². The maximum absolute atomic E-state index is 10.2. The molecule has 2 aromatic carbocycles. The summed E-state index contributed by atoms with van der Waals surface area (Å²) in [6.45, 7) is 4.25. The van der Waals surface area contributed by atoms with Crippen molar-refractivity contribution >= 4 is 10.9 Å². The van der Waals surface area contributed by atoms with Crippen LogP contribution in [-0.4, -0.2) is 20.3 Å². The Balaban J connectivity index is 1.65. The predicted octanol–water partition coefficient (Wildman–Crippen LogP) is 4.79. The SMILES string of the molecule is CC(C)Cc1ccc(-c2nnc(-c3ccc4[nH]ccc4c3)o2)cc1O. The third-order valence-corrected chi connectivity index (χ3v) is 4.19. The fourth-order valence-corrected chi connectivity index (χ4v) is 2.95. The maximum atomic E-state index is 10.2. The van der Waals surface area contributed by atoms with Crippen LogP contribution in [0.15, 0.2) is 53.1 Å². The first-order valence-corrected chi connectivity index (χ1v) is 8.33. The molecular formula is C20H19N3O2. The summed E-state index contributed by atoms with van der Waals surface area (Å²) in [4.78, 5) is 3.16. The molecule has 4 aromatic rings. The average molecular weight is 333 g/mol. The van der Waals surface area contributed by atoms with Crippen molar-refractivity contribution in [2.24, 2.45) is 5.92 Å². The Bertz CT molecular complexity index is 1030. The second-order valence-corrected chi connectivity index (χ2v) is 6.63. The zero-order chi connectivity index (χ0) is 17.4. The van der Waals surface area contributed by atoms with E-state index in [1.165, 1.54) is 0 Å². The summed E-state index contributed by atoms with van der Waals surface area (Å²) in [5, 5.41) is 19.6. The van der Waals surface area contributed by atoms with Crippen LogP contribution in [0.25, 0.3) is 33.8 Å². The number of nitrogens with zero attached hydrogens (tertiary/aromatic N) is 2. The number of fused-ring (bicyclic) bond motifs is 1. The number of aromatic hydroxyl groups is 1. The normalized spacial score (nSPS) is 11.5. The molecule has 0 atom stereocenters. The summed E-state index contributed by atoms with van der Waals surface area (Å²) >= 11 is 0. The molecule has 0 amide bonds. The third kappa shape index (κ3) is 3.01. The van der Waals surface area contributed by atoms with E-state index in [0.717, 1.165) is 28.5 Å². The van der Waals surface area contributed by atoms with Crippen LogP contribution in [0, 0.1) is 5.92 Å². The van der Waals surface area contributed by atoms with Gasteiger partial charge < -0.3 is 14.5 Å². The number of aromatic nitrogens is 3. The molecule has 0 aliphatic carbocycles. The Morgan fingerprint density at radius 1 is 1.00 bits per heavy atom. The highest BCUT2D eigenvalue weighted by molar-refractivity contribution is 5.83. The molecule has 2 N–H and O–H groups in total. The molecule has 0 bridgehead atoms. The summed E-state index contributed by atoms with van der Waals surface area (Å²) in [5.41, 5.74) is 3.57. The van der Waals surface area contributed by atoms with E-state index in [1.54, 1.807) is 6.07 Å². The molecule has 0 spiro atoms. The summed E-state index contributed by atoms with van der Waals surface area (Å²) in [5.74, 6) is 1.61. The number of rotatable bonds is 4. The van der Waals surface area contributed by atoms with E-state index in [-0.39, 0.29) is 5.75 Å².